The van der Waals surface area contributed by atoms with Gasteiger partial charge in [-0.1, -0.05) is 12.1 Å². The summed E-state index contributed by atoms with van der Waals surface area (Å²) in [5, 5.41) is 10.3. The van der Waals surface area contributed by atoms with Crippen LogP contribution < -0.4 is 10.6 Å². The second-order valence-electron chi connectivity index (χ2n) is 6.76. The van der Waals surface area contributed by atoms with E-state index >= 15 is 0 Å². The summed E-state index contributed by atoms with van der Waals surface area (Å²) in [6.07, 6.45) is 4.64. The van der Waals surface area contributed by atoms with Crippen molar-refractivity contribution in [1.82, 2.24) is 25.3 Å². The van der Waals surface area contributed by atoms with E-state index < -0.39 is 0 Å². The molecule has 1 amide bonds. The Morgan fingerprint density at radius 2 is 2.29 bits per heavy atom. The van der Waals surface area contributed by atoms with Crippen LogP contribution in [0.3, 0.4) is 0 Å². The molecule has 1 unspecified atom stereocenters. The molecule has 150 valence electrons. The lowest BCUT2D eigenvalue weighted by Gasteiger charge is -2.34. The molecule has 3 rings (SSSR count). The van der Waals surface area contributed by atoms with Gasteiger partial charge in [0.1, 0.15) is 6.10 Å². The number of nitrogens with one attached hydrogen (secondary N) is 2. The number of hydrogen-bond acceptors (Lipinski definition) is 4. The number of carbonyl (C=O) groups excluding carboxylic acids is 1. The van der Waals surface area contributed by atoms with Crippen molar-refractivity contribution in [2.45, 2.75) is 12.5 Å². The molecular weight excluding hydrogens is 356 g/mol. The van der Waals surface area contributed by atoms with Crippen LogP contribution in [0.1, 0.15) is 27.6 Å². The number of morpholine rings is 1. The van der Waals surface area contributed by atoms with E-state index in [1.807, 2.05) is 43.7 Å². The maximum Gasteiger partial charge on any atom is 0.251 e. The first-order chi connectivity index (χ1) is 13.6. The van der Waals surface area contributed by atoms with Crippen LogP contribution in [0.4, 0.5) is 0 Å². The SMILES string of the molecule is CN=C(NCCc1cccc(C(=O)NC)c1)N1CCOC(c2cnn(C)c2)C1. The monoisotopic (exact) mass is 384 g/mol. The largest absolute Gasteiger partial charge is 0.370 e. The maximum absolute atomic E-state index is 11.8. The van der Waals surface area contributed by atoms with E-state index in [-0.39, 0.29) is 12.0 Å². The number of ether oxygens (including phenoxy) is 1. The molecule has 28 heavy (non-hydrogen) atoms. The van der Waals surface area contributed by atoms with Crippen LogP contribution in [0.5, 0.6) is 0 Å². The number of benzene rings is 1. The Balaban J connectivity index is 1.55. The summed E-state index contributed by atoms with van der Waals surface area (Å²) in [5.74, 6) is 0.792. The van der Waals surface area contributed by atoms with Gasteiger partial charge in [-0.15, -0.1) is 0 Å². The molecule has 1 atom stereocenters. The number of amides is 1. The summed E-state index contributed by atoms with van der Waals surface area (Å²) in [6, 6.07) is 7.69. The Morgan fingerprint density at radius 3 is 3.00 bits per heavy atom. The Bertz CT molecular complexity index is 832. The molecule has 2 N–H and O–H groups in total. The molecule has 2 aromatic rings. The minimum Gasteiger partial charge on any atom is -0.370 e. The Morgan fingerprint density at radius 1 is 1.43 bits per heavy atom. The third-order valence-corrected chi connectivity index (χ3v) is 4.79. The number of carbonyl (C=O) groups is 1. The van der Waals surface area contributed by atoms with Gasteiger partial charge in [0.25, 0.3) is 5.91 Å². The van der Waals surface area contributed by atoms with E-state index in [4.69, 9.17) is 4.74 Å². The highest BCUT2D eigenvalue weighted by molar-refractivity contribution is 5.94. The first-order valence-electron chi connectivity index (χ1n) is 9.47. The van der Waals surface area contributed by atoms with E-state index in [0.717, 1.165) is 43.1 Å². The highest BCUT2D eigenvalue weighted by Gasteiger charge is 2.25. The number of guanidine groups is 1. The van der Waals surface area contributed by atoms with Crippen LogP contribution in [-0.4, -0.2) is 66.9 Å². The fourth-order valence-corrected chi connectivity index (χ4v) is 3.31. The van der Waals surface area contributed by atoms with Crippen LogP contribution in [0.2, 0.25) is 0 Å². The Labute approximate surface area is 165 Å². The summed E-state index contributed by atoms with van der Waals surface area (Å²) in [6.45, 7) is 2.91. The van der Waals surface area contributed by atoms with Crippen molar-refractivity contribution in [2.75, 3.05) is 40.3 Å². The van der Waals surface area contributed by atoms with Gasteiger partial charge in [0.15, 0.2) is 5.96 Å². The second kappa shape index (κ2) is 9.36. The summed E-state index contributed by atoms with van der Waals surface area (Å²) in [5.41, 5.74) is 2.87. The van der Waals surface area contributed by atoms with E-state index in [9.17, 15) is 4.79 Å². The zero-order valence-corrected chi connectivity index (χ0v) is 16.7. The summed E-state index contributed by atoms with van der Waals surface area (Å²) < 4.78 is 7.70. The minimum atomic E-state index is -0.0691. The molecule has 1 saturated heterocycles. The van der Waals surface area contributed by atoms with Crippen LogP contribution in [0.25, 0.3) is 0 Å². The minimum absolute atomic E-state index is 0.00904. The van der Waals surface area contributed by atoms with Gasteiger partial charge in [-0.3, -0.25) is 14.5 Å². The fourth-order valence-electron chi connectivity index (χ4n) is 3.31. The summed E-state index contributed by atoms with van der Waals surface area (Å²) >= 11 is 0. The van der Waals surface area contributed by atoms with Crippen LogP contribution in [0, 0.1) is 0 Å². The maximum atomic E-state index is 11.8. The van der Waals surface area contributed by atoms with Gasteiger partial charge in [-0.2, -0.15) is 5.10 Å². The predicted octanol–water partition coefficient (Wildman–Crippen LogP) is 0.971. The molecule has 1 fully saturated rings. The van der Waals surface area contributed by atoms with Gasteiger partial charge in [-0.05, 0) is 24.1 Å². The molecule has 8 nitrogen and oxygen atoms in total. The van der Waals surface area contributed by atoms with E-state index in [1.165, 1.54) is 0 Å². The number of nitrogens with zero attached hydrogens (tertiary/aromatic N) is 4. The zero-order valence-electron chi connectivity index (χ0n) is 16.7. The number of aryl methyl sites for hydroxylation is 1. The highest BCUT2D eigenvalue weighted by atomic mass is 16.5. The average molecular weight is 384 g/mol. The molecule has 1 aliphatic rings. The third-order valence-electron chi connectivity index (χ3n) is 4.79. The molecule has 0 bridgehead atoms. The van der Waals surface area contributed by atoms with Gasteiger partial charge in [-0.25, -0.2) is 0 Å². The van der Waals surface area contributed by atoms with E-state index in [1.54, 1.807) is 18.8 Å². The molecule has 1 aromatic heterocycles. The van der Waals surface area contributed by atoms with Crippen LogP contribution in [-0.2, 0) is 18.2 Å². The number of aromatic nitrogens is 2. The summed E-state index contributed by atoms with van der Waals surface area (Å²) in [4.78, 5) is 18.4. The molecule has 0 spiro atoms. The molecule has 8 heteroatoms. The molecule has 0 aliphatic carbocycles. The Kier molecular flexibility index (Phi) is 6.65. The molecule has 2 heterocycles. The standard InChI is InChI=1S/C20H28N6O2/c1-21-19(27)16-6-4-5-15(11-16)7-8-23-20(22-2)26-9-10-28-18(14-26)17-12-24-25(3)13-17/h4-6,11-13,18H,7-10,14H2,1-3H3,(H,21,27)(H,22,23). The van der Waals surface area contributed by atoms with Gasteiger partial charge >= 0.3 is 0 Å². The number of aliphatic imine (C=N–C) groups is 1. The third kappa shape index (κ3) is 4.89. The quantitative estimate of drug-likeness (QED) is 0.593. The second-order valence-corrected chi connectivity index (χ2v) is 6.76. The molecule has 0 saturated carbocycles. The lowest BCUT2D eigenvalue weighted by atomic mass is 10.1. The van der Waals surface area contributed by atoms with Crippen molar-refractivity contribution >= 4 is 11.9 Å². The molecule has 1 aliphatic heterocycles. The van der Waals surface area contributed by atoms with Crippen LogP contribution >= 0.6 is 0 Å². The smallest absolute Gasteiger partial charge is 0.251 e. The zero-order chi connectivity index (χ0) is 19.9. The van der Waals surface area contributed by atoms with Crippen molar-refractivity contribution in [3.63, 3.8) is 0 Å². The van der Waals surface area contributed by atoms with E-state index in [2.05, 4.69) is 25.6 Å². The lowest BCUT2D eigenvalue weighted by Crippen LogP contribution is -2.48. The van der Waals surface area contributed by atoms with Crippen molar-refractivity contribution in [3.8, 4) is 0 Å². The first-order valence-corrected chi connectivity index (χ1v) is 9.47. The van der Waals surface area contributed by atoms with Gasteiger partial charge in [0.2, 0.25) is 0 Å². The van der Waals surface area contributed by atoms with Crippen molar-refractivity contribution in [3.05, 3.63) is 53.3 Å². The van der Waals surface area contributed by atoms with Crippen molar-refractivity contribution in [1.29, 1.82) is 0 Å². The summed E-state index contributed by atoms with van der Waals surface area (Å²) in [7, 11) is 5.34. The number of hydrogen-bond donors (Lipinski definition) is 2. The number of rotatable bonds is 5. The molecule has 0 radical (unpaired) electrons. The van der Waals surface area contributed by atoms with E-state index in [0.29, 0.717) is 12.2 Å². The fraction of sp³-hybridized carbons (Fsp3) is 0.450. The van der Waals surface area contributed by atoms with Gasteiger partial charge in [0, 0.05) is 51.6 Å². The molecular formula is C20H28N6O2. The normalized spacial score (nSPS) is 17.5. The Hall–Kier alpha value is -2.87. The molecule has 1 aromatic carbocycles. The van der Waals surface area contributed by atoms with Crippen LogP contribution in [0.15, 0.2) is 41.7 Å². The first kappa shape index (κ1) is 19.9. The van der Waals surface area contributed by atoms with Crippen molar-refractivity contribution < 1.29 is 9.53 Å². The van der Waals surface area contributed by atoms with Gasteiger partial charge in [0.05, 0.1) is 19.3 Å². The highest BCUT2D eigenvalue weighted by Crippen LogP contribution is 2.21. The topological polar surface area (TPSA) is 83.8 Å². The van der Waals surface area contributed by atoms with Crippen molar-refractivity contribution in [2.24, 2.45) is 12.0 Å². The average Bonchev–Trinajstić information content (AvgIpc) is 3.17. The van der Waals surface area contributed by atoms with Gasteiger partial charge < -0.3 is 20.3 Å². The predicted molar refractivity (Wildman–Crippen MR) is 108 cm³/mol. The lowest BCUT2D eigenvalue weighted by molar-refractivity contribution is -0.00800.